The first-order valence-corrected chi connectivity index (χ1v) is 8.20. The van der Waals surface area contributed by atoms with Gasteiger partial charge in [-0.15, -0.1) is 0 Å². The van der Waals surface area contributed by atoms with E-state index in [1.165, 1.54) is 12.1 Å². The first kappa shape index (κ1) is 18.7. The molecule has 3 rings (SSSR count). The first-order valence-electron chi connectivity index (χ1n) is 8.20. The molecular weight excluding hydrogens is 357 g/mol. The van der Waals surface area contributed by atoms with Crippen LogP contribution in [0.5, 0.6) is 0 Å². The number of benzene rings is 1. The molecule has 0 fully saturated rings. The predicted octanol–water partition coefficient (Wildman–Crippen LogP) is 4.58. The number of aromatic nitrogens is 1. The molecule has 1 unspecified atom stereocenters. The molecule has 0 amide bonds. The van der Waals surface area contributed by atoms with E-state index in [1.54, 1.807) is 38.2 Å². The fourth-order valence-corrected chi connectivity index (χ4v) is 3.37. The molecule has 1 aliphatic heterocycles. The molecule has 1 aromatic heterocycles. The van der Waals surface area contributed by atoms with Gasteiger partial charge in [0.2, 0.25) is 0 Å². The van der Waals surface area contributed by atoms with Gasteiger partial charge in [0.15, 0.2) is 0 Å². The molecule has 27 heavy (non-hydrogen) atoms. The number of alkyl halides is 3. The maximum atomic E-state index is 13.2. The number of dihydropyridines is 1. The van der Waals surface area contributed by atoms with E-state index in [1.807, 2.05) is 0 Å². The molecule has 2 N–H and O–H groups in total. The van der Waals surface area contributed by atoms with Gasteiger partial charge in [-0.25, -0.2) is 4.79 Å². The summed E-state index contributed by atoms with van der Waals surface area (Å²) >= 11 is 0. The molecule has 1 aromatic carbocycles. The number of halogens is 3. The normalized spacial score (nSPS) is 17.7. The zero-order chi connectivity index (χ0) is 19.8. The second kappa shape index (κ2) is 6.90. The van der Waals surface area contributed by atoms with Crippen LogP contribution in [0.3, 0.4) is 0 Å². The molecule has 0 bridgehead atoms. The van der Waals surface area contributed by atoms with Gasteiger partial charge in [-0.3, -0.25) is 4.98 Å². The molecule has 7 heteroatoms. The highest BCUT2D eigenvalue weighted by Gasteiger charge is 2.36. The number of hydrogen-bond acceptors (Lipinski definition) is 3. The number of carboxylic acids is 1. The molecule has 2 heterocycles. The van der Waals surface area contributed by atoms with Crippen molar-refractivity contribution in [1.29, 1.82) is 0 Å². The van der Waals surface area contributed by atoms with E-state index in [4.69, 9.17) is 0 Å². The number of carbonyl (C=O) groups is 1. The number of rotatable bonds is 3. The van der Waals surface area contributed by atoms with Crippen LogP contribution >= 0.6 is 0 Å². The first-order chi connectivity index (χ1) is 12.7. The Hall–Kier alpha value is -3.09. The molecule has 1 aliphatic rings. The summed E-state index contributed by atoms with van der Waals surface area (Å²) in [6, 6.07) is 9.95. The van der Waals surface area contributed by atoms with Gasteiger partial charge >= 0.3 is 12.1 Å². The van der Waals surface area contributed by atoms with E-state index in [0.29, 0.717) is 22.7 Å². The number of hydrogen-bond donors (Lipinski definition) is 2. The van der Waals surface area contributed by atoms with Gasteiger partial charge in [0.1, 0.15) is 0 Å². The van der Waals surface area contributed by atoms with Crippen LogP contribution in [0.25, 0.3) is 5.57 Å². The Kier molecular flexibility index (Phi) is 4.78. The van der Waals surface area contributed by atoms with Crippen molar-refractivity contribution in [2.45, 2.75) is 25.9 Å². The monoisotopic (exact) mass is 374 g/mol. The minimum atomic E-state index is -4.52. The minimum Gasteiger partial charge on any atom is -0.478 e. The lowest BCUT2D eigenvalue weighted by Crippen LogP contribution is -2.28. The smallest absolute Gasteiger partial charge is 0.416 e. The Bertz CT molecular complexity index is 947. The number of nitrogens with zero attached hydrogens (tertiary/aromatic N) is 1. The predicted molar refractivity (Wildman–Crippen MR) is 94.5 cm³/mol. The van der Waals surface area contributed by atoms with E-state index >= 15 is 0 Å². The second-order valence-electron chi connectivity index (χ2n) is 6.28. The summed E-state index contributed by atoms with van der Waals surface area (Å²) in [4.78, 5) is 16.2. The highest BCUT2D eigenvalue weighted by atomic mass is 19.4. The van der Waals surface area contributed by atoms with Gasteiger partial charge in [-0.1, -0.05) is 24.3 Å². The second-order valence-corrected chi connectivity index (χ2v) is 6.28. The molecule has 1 atom stereocenters. The number of carboxylic acid groups (broad SMARTS) is 1. The van der Waals surface area contributed by atoms with Gasteiger partial charge in [0, 0.05) is 29.1 Å². The van der Waals surface area contributed by atoms with Crippen molar-refractivity contribution in [3.63, 3.8) is 0 Å². The number of nitrogens with one attached hydrogen (secondary N) is 1. The third kappa shape index (κ3) is 3.58. The lowest BCUT2D eigenvalue weighted by atomic mass is 9.78. The quantitative estimate of drug-likeness (QED) is 0.826. The van der Waals surface area contributed by atoms with Crippen molar-refractivity contribution in [3.05, 3.63) is 82.4 Å². The maximum Gasteiger partial charge on any atom is 0.416 e. The molecule has 2 aromatic rings. The van der Waals surface area contributed by atoms with E-state index < -0.39 is 23.6 Å². The van der Waals surface area contributed by atoms with E-state index in [-0.39, 0.29) is 11.1 Å². The molecular formula is C20H17F3N2O2. The van der Waals surface area contributed by atoms with Gasteiger partial charge in [-0.05, 0) is 37.6 Å². The highest BCUT2D eigenvalue weighted by Crippen LogP contribution is 2.43. The third-order valence-corrected chi connectivity index (χ3v) is 4.48. The standard InChI is InChI=1S/C20H17F3N2O2/c1-11-16(15-8-3-4-9-24-15)18(17(19(26)27)12(2)25-11)13-6-5-7-14(10-13)20(21,22)23/h3-10,18,25H,1-2H3,(H,26,27). The molecule has 0 saturated heterocycles. The SMILES string of the molecule is CC1=C(C(=O)O)C(c2cccc(C(F)(F)F)c2)C(c2ccccn2)=C(C)N1. The summed E-state index contributed by atoms with van der Waals surface area (Å²) in [5.74, 6) is -2.07. The van der Waals surface area contributed by atoms with Crippen LogP contribution in [-0.4, -0.2) is 16.1 Å². The van der Waals surface area contributed by atoms with Gasteiger partial charge in [-0.2, -0.15) is 13.2 Å². The Labute approximate surface area is 154 Å². The summed E-state index contributed by atoms with van der Waals surface area (Å²) in [6.45, 7) is 3.36. The fourth-order valence-electron chi connectivity index (χ4n) is 3.37. The number of aliphatic carboxylic acids is 1. The van der Waals surface area contributed by atoms with E-state index in [0.717, 1.165) is 12.1 Å². The molecule has 140 valence electrons. The largest absolute Gasteiger partial charge is 0.478 e. The summed E-state index contributed by atoms with van der Waals surface area (Å²) in [5, 5.41) is 12.8. The van der Waals surface area contributed by atoms with Crippen LogP contribution in [0.2, 0.25) is 0 Å². The molecule has 0 saturated carbocycles. The topological polar surface area (TPSA) is 62.2 Å². The zero-order valence-corrected chi connectivity index (χ0v) is 14.6. The third-order valence-electron chi connectivity index (χ3n) is 4.48. The van der Waals surface area contributed by atoms with Crippen LogP contribution in [0.4, 0.5) is 13.2 Å². The van der Waals surface area contributed by atoms with Gasteiger partial charge in [0.05, 0.1) is 16.8 Å². The lowest BCUT2D eigenvalue weighted by Gasteiger charge is -2.31. The molecule has 0 spiro atoms. The Morgan fingerprint density at radius 2 is 1.85 bits per heavy atom. The van der Waals surface area contributed by atoms with Crippen molar-refractivity contribution >= 4 is 11.5 Å². The van der Waals surface area contributed by atoms with E-state index in [2.05, 4.69) is 10.3 Å². The average molecular weight is 374 g/mol. The van der Waals surface area contributed by atoms with Crippen LogP contribution in [-0.2, 0) is 11.0 Å². The maximum absolute atomic E-state index is 13.2. The molecule has 0 aliphatic carbocycles. The fraction of sp³-hybridized carbons (Fsp3) is 0.200. The Morgan fingerprint density at radius 1 is 1.11 bits per heavy atom. The molecule has 0 radical (unpaired) electrons. The minimum absolute atomic E-state index is 0.000535. The van der Waals surface area contributed by atoms with Crippen molar-refractivity contribution in [2.24, 2.45) is 0 Å². The number of pyridine rings is 1. The summed E-state index contributed by atoms with van der Waals surface area (Å²) < 4.78 is 39.6. The van der Waals surface area contributed by atoms with Gasteiger partial charge in [0.25, 0.3) is 0 Å². The number of allylic oxidation sites excluding steroid dienone is 3. The highest BCUT2D eigenvalue weighted by molar-refractivity contribution is 5.96. The molecule has 4 nitrogen and oxygen atoms in total. The average Bonchev–Trinajstić information content (AvgIpc) is 2.61. The summed E-state index contributed by atoms with van der Waals surface area (Å²) in [7, 11) is 0. The Morgan fingerprint density at radius 3 is 2.44 bits per heavy atom. The van der Waals surface area contributed by atoms with Crippen molar-refractivity contribution in [1.82, 2.24) is 10.3 Å². The zero-order valence-electron chi connectivity index (χ0n) is 14.6. The van der Waals surface area contributed by atoms with E-state index in [9.17, 15) is 23.1 Å². The van der Waals surface area contributed by atoms with Crippen LogP contribution in [0, 0.1) is 0 Å². The summed E-state index contributed by atoms with van der Waals surface area (Å²) in [6.07, 6.45) is -2.96. The van der Waals surface area contributed by atoms with Crippen molar-refractivity contribution in [3.8, 4) is 0 Å². The Balaban J connectivity index is 2.25. The van der Waals surface area contributed by atoms with Crippen LogP contribution in [0.1, 0.15) is 36.6 Å². The van der Waals surface area contributed by atoms with Crippen LogP contribution < -0.4 is 5.32 Å². The van der Waals surface area contributed by atoms with Crippen molar-refractivity contribution < 1.29 is 23.1 Å². The summed E-state index contributed by atoms with van der Waals surface area (Å²) in [5.41, 5.74) is 1.53. The van der Waals surface area contributed by atoms with Gasteiger partial charge < -0.3 is 10.4 Å². The lowest BCUT2D eigenvalue weighted by molar-refractivity contribution is -0.137. The van der Waals surface area contributed by atoms with Crippen LogP contribution in [0.15, 0.2) is 65.6 Å². The van der Waals surface area contributed by atoms with Crippen molar-refractivity contribution in [2.75, 3.05) is 0 Å².